The molecule has 5 nitrogen and oxygen atoms in total. The van der Waals surface area contributed by atoms with Crippen molar-refractivity contribution in [3.05, 3.63) is 40.1 Å². The Morgan fingerprint density at radius 1 is 1.32 bits per heavy atom. The molecular weight excluding hydrogens is 391 g/mol. The normalized spacial score (nSPS) is 15.9. The summed E-state index contributed by atoms with van der Waals surface area (Å²) in [6.45, 7) is 4.37. The molecule has 1 N–H and O–H groups in total. The number of rotatable bonds is 6. The summed E-state index contributed by atoms with van der Waals surface area (Å²) in [4.78, 5) is 21.3. The average Bonchev–Trinajstić information content (AvgIpc) is 3.31. The molecule has 0 aromatic carbocycles. The van der Waals surface area contributed by atoms with E-state index in [1.54, 1.807) is 17.8 Å². The maximum atomic E-state index is 12.9. The summed E-state index contributed by atoms with van der Waals surface area (Å²) < 4.78 is 42.9. The van der Waals surface area contributed by atoms with E-state index < -0.39 is 24.7 Å². The van der Waals surface area contributed by atoms with E-state index in [-0.39, 0.29) is 22.8 Å². The number of halogens is 3. The molecule has 2 heterocycles. The Morgan fingerprint density at radius 3 is 2.57 bits per heavy atom. The molecule has 1 aliphatic carbocycles. The van der Waals surface area contributed by atoms with Crippen molar-refractivity contribution in [2.45, 2.75) is 51.7 Å². The van der Waals surface area contributed by atoms with Crippen LogP contribution in [-0.2, 0) is 0 Å². The number of nitrogens with one attached hydrogen (secondary N) is 1. The summed E-state index contributed by atoms with van der Waals surface area (Å²) in [5.74, 6) is -0.462. The number of hydrogen-bond acceptors (Lipinski definition) is 5. The van der Waals surface area contributed by atoms with Crippen molar-refractivity contribution in [3.63, 3.8) is 0 Å². The third-order valence-corrected chi connectivity index (χ3v) is 5.21. The molecule has 9 heteroatoms. The molecule has 0 radical (unpaired) electrons. The monoisotopic (exact) mass is 413 g/mol. The number of aromatic nitrogens is 2. The molecule has 1 amide bonds. The van der Waals surface area contributed by atoms with E-state index in [1.165, 1.54) is 17.4 Å². The van der Waals surface area contributed by atoms with Crippen LogP contribution in [0.2, 0.25) is 0 Å². The van der Waals surface area contributed by atoms with Crippen LogP contribution in [0.4, 0.5) is 13.2 Å². The molecule has 1 fully saturated rings. The lowest BCUT2D eigenvalue weighted by Crippen LogP contribution is -2.37. The van der Waals surface area contributed by atoms with Gasteiger partial charge in [-0.15, -0.1) is 11.3 Å². The van der Waals surface area contributed by atoms with Crippen molar-refractivity contribution >= 4 is 17.2 Å². The fourth-order valence-electron chi connectivity index (χ4n) is 2.76. The lowest BCUT2D eigenvalue weighted by atomic mass is 9.87. The van der Waals surface area contributed by atoms with Crippen LogP contribution < -0.4 is 10.1 Å². The van der Waals surface area contributed by atoms with Crippen LogP contribution in [0.25, 0.3) is 0 Å². The average molecular weight is 413 g/mol. The Labute approximate surface area is 165 Å². The van der Waals surface area contributed by atoms with Crippen molar-refractivity contribution in [1.82, 2.24) is 15.3 Å². The van der Waals surface area contributed by atoms with Crippen LogP contribution >= 0.6 is 11.3 Å². The summed E-state index contributed by atoms with van der Waals surface area (Å²) >= 11 is 1.40. The van der Waals surface area contributed by atoms with E-state index in [0.29, 0.717) is 5.01 Å². The van der Waals surface area contributed by atoms with Crippen molar-refractivity contribution in [2.24, 2.45) is 5.41 Å². The highest BCUT2D eigenvalue weighted by atomic mass is 32.1. The zero-order chi connectivity index (χ0) is 20.5. The van der Waals surface area contributed by atoms with Crippen molar-refractivity contribution < 1.29 is 22.7 Å². The van der Waals surface area contributed by atoms with Gasteiger partial charge in [-0.2, -0.15) is 13.2 Å². The van der Waals surface area contributed by atoms with Crippen molar-refractivity contribution in [3.8, 4) is 5.75 Å². The first-order valence-corrected chi connectivity index (χ1v) is 9.82. The Morgan fingerprint density at radius 2 is 2.04 bits per heavy atom. The SMILES string of the molecule is CC(C)(C)C(NC(=O)c1ncc(C2CC2)cc1OCC(F)(F)F)c1nccs1. The second-order valence-electron chi connectivity index (χ2n) is 7.94. The number of carbonyl (C=O) groups is 1. The second kappa shape index (κ2) is 7.69. The third-order valence-electron chi connectivity index (χ3n) is 4.37. The molecule has 1 aliphatic rings. The highest BCUT2D eigenvalue weighted by molar-refractivity contribution is 7.09. The maximum absolute atomic E-state index is 12.9. The number of pyridine rings is 1. The number of alkyl halides is 3. The van der Waals surface area contributed by atoms with Gasteiger partial charge in [-0.05, 0) is 35.8 Å². The van der Waals surface area contributed by atoms with Crippen LogP contribution in [0, 0.1) is 5.41 Å². The standard InChI is InChI=1S/C19H22F3N3O2S/c1-18(2,3)15(17-23-6-7-28-17)25-16(26)14-13(27-10-19(20,21)22)8-12(9-24-14)11-4-5-11/h6-9,11,15H,4-5,10H2,1-3H3,(H,25,26). The van der Waals surface area contributed by atoms with E-state index in [0.717, 1.165) is 18.4 Å². The Hall–Kier alpha value is -2.16. The first-order valence-electron chi connectivity index (χ1n) is 8.94. The number of nitrogens with zero attached hydrogens (tertiary/aromatic N) is 2. The van der Waals surface area contributed by atoms with Gasteiger partial charge in [0, 0.05) is 17.8 Å². The van der Waals surface area contributed by atoms with Gasteiger partial charge in [0.2, 0.25) is 0 Å². The minimum absolute atomic E-state index is 0.147. The predicted molar refractivity (Wildman–Crippen MR) is 99.5 cm³/mol. The lowest BCUT2D eigenvalue weighted by molar-refractivity contribution is -0.153. The zero-order valence-corrected chi connectivity index (χ0v) is 16.7. The van der Waals surface area contributed by atoms with E-state index >= 15 is 0 Å². The zero-order valence-electron chi connectivity index (χ0n) is 15.8. The van der Waals surface area contributed by atoms with Gasteiger partial charge in [-0.3, -0.25) is 4.79 Å². The van der Waals surface area contributed by atoms with Crippen LogP contribution in [0.1, 0.15) is 66.6 Å². The third kappa shape index (κ3) is 5.21. The summed E-state index contributed by atoms with van der Waals surface area (Å²) in [7, 11) is 0. The van der Waals surface area contributed by atoms with E-state index in [4.69, 9.17) is 4.74 Å². The number of amides is 1. The summed E-state index contributed by atoms with van der Waals surface area (Å²) in [5.41, 5.74) is 0.287. The van der Waals surface area contributed by atoms with Gasteiger partial charge in [0.15, 0.2) is 18.1 Å². The molecule has 152 valence electrons. The smallest absolute Gasteiger partial charge is 0.422 e. The molecule has 0 bridgehead atoms. The van der Waals surface area contributed by atoms with Crippen LogP contribution in [0.15, 0.2) is 23.8 Å². The Bertz CT molecular complexity index is 828. The van der Waals surface area contributed by atoms with E-state index in [1.807, 2.05) is 20.8 Å². The number of thiazole rings is 1. The summed E-state index contributed by atoms with van der Waals surface area (Å²) in [6.07, 6.45) is 0.607. The number of carbonyl (C=O) groups excluding carboxylic acids is 1. The van der Waals surface area contributed by atoms with Gasteiger partial charge >= 0.3 is 6.18 Å². The fraction of sp³-hybridized carbons (Fsp3) is 0.526. The summed E-state index contributed by atoms with van der Waals surface area (Å²) in [6, 6.07) is 1.08. The van der Waals surface area contributed by atoms with Crippen LogP contribution in [0.3, 0.4) is 0 Å². The topological polar surface area (TPSA) is 64.1 Å². The molecule has 0 saturated heterocycles. The molecule has 1 atom stereocenters. The van der Waals surface area contributed by atoms with Crippen molar-refractivity contribution in [1.29, 1.82) is 0 Å². The maximum Gasteiger partial charge on any atom is 0.422 e. The quantitative estimate of drug-likeness (QED) is 0.734. The van der Waals surface area contributed by atoms with Gasteiger partial charge in [0.05, 0.1) is 6.04 Å². The van der Waals surface area contributed by atoms with Crippen LogP contribution in [-0.4, -0.2) is 28.7 Å². The molecule has 1 saturated carbocycles. The minimum Gasteiger partial charge on any atom is -0.482 e. The number of hydrogen-bond donors (Lipinski definition) is 1. The van der Waals surface area contributed by atoms with Gasteiger partial charge in [-0.25, -0.2) is 9.97 Å². The van der Waals surface area contributed by atoms with Gasteiger partial charge in [0.1, 0.15) is 5.01 Å². The first kappa shape index (κ1) is 20.6. The molecular formula is C19H22F3N3O2S. The van der Waals surface area contributed by atoms with Crippen LogP contribution in [0.5, 0.6) is 5.75 Å². The van der Waals surface area contributed by atoms with E-state index in [2.05, 4.69) is 15.3 Å². The van der Waals surface area contributed by atoms with Gasteiger partial charge in [-0.1, -0.05) is 20.8 Å². The first-order chi connectivity index (χ1) is 13.0. The van der Waals surface area contributed by atoms with Gasteiger partial charge < -0.3 is 10.1 Å². The van der Waals surface area contributed by atoms with E-state index in [9.17, 15) is 18.0 Å². The molecule has 0 spiro atoms. The lowest BCUT2D eigenvalue weighted by Gasteiger charge is -2.30. The molecule has 2 aromatic rings. The minimum atomic E-state index is -4.50. The second-order valence-corrected chi connectivity index (χ2v) is 8.86. The Kier molecular flexibility index (Phi) is 5.65. The summed E-state index contributed by atoms with van der Waals surface area (Å²) in [5, 5.41) is 5.39. The molecule has 0 aliphatic heterocycles. The predicted octanol–water partition coefficient (Wildman–Crippen LogP) is 4.87. The molecule has 3 rings (SSSR count). The van der Waals surface area contributed by atoms with Gasteiger partial charge in [0.25, 0.3) is 5.91 Å². The largest absolute Gasteiger partial charge is 0.482 e. The van der Waals surface area contributed by atoms with Crippen molar-refractivity contribution in [2.75, 3.05) is 6.61 Å². The number of ether oxygens (including phenoxy) is 1. The highest BCUT2D eigenvalue weighted by Gasteiger charge is 2.34. The molecule has 1 unspecified atom stereocenters. The highest BCUT2D eigenvalue weighted by Crippen LogP contribution is 2.41. The molecule has 2 aromatic heterocycles. The fourth-order valence-corrected chi connectivity index (χ4v) is 3.70. The molecule has 28 heavy (non-hydrogen) atoms. The Balaban J connectivity index is 1.86.